The molecule has 124 valence electrons. The number of Topliss-reactive ketones (excluding diaryl/α,β-unsaturated/α-hetero) is 2. The van der Waals surface area contributed by atoms with E-state index in [1.165, 1.54) is 23.6 Å². The van der Waals surface area contributed by atoms with Crippen LogP contribution in [0.3, 0.4) is 0 Å². The SMILES string of the molecule is CC(=O)C(=O)N1CCC[C@H]1C(=O)N(C)C(CC(C)C)C(C)=O. The Labute approximate surface area is 131 Å². The number of nitrogens with zero attached hydrogens (tertiary/aromatic N) is 2. The first-order valence-electron chi connectivity index (χ1n) is 7.75. The molecule has 0 aliphatic carbocycles. The predicted molar refractivity (Wildman–Crippen MR) is 82.1 cm³/mol. The second-order valence-electron chi connectivity index (χ2n) is 6.42. The molecule has 1 heterocycles. The average Bonchev–Trinajstić information content (AvgIpc) is 2.90. The van der Waals surface area contributed by atoms with E-state index >= 15 is 0 Å². The quantitative estimate of drug-likeness (QED) is 0.687. The molecule has 0 aromatic heterocycles. The van der Waals surface area contributed by atoms with E-state index in [-0.39, 0.29) is 17.6 Å². The largest absolute Gasteiger partial charge is 0.334 e. The second-order valence-corrected chi connectivity index (χ2v) is 6.42. The van der Waals surface area contributed by atoms with Crippen LogP contribution in [0.15, 0.2) is 0 Å². The molecule has 22 heavy (non-hydrogen) atoms. The van der Waals surface area contributed by atoms with Gasteiger partial charge in [-0.1, -0.05) is 13.8 Å². The fraction of sp³-hybridized carbons (Fsp3) is 0.750. The lowest BCUT2D eigenvalue weighted by atomic mass is 9.99. The molecule has 0 radical (unpaired) electrons. The van der Waals surface area contributed by atoms with Crippen LogP contribution in [-0.2, 0) is 19.2 Å². The van der Waals surface area contributed by atoms with Crippen molar-refractivity contribution in [3.63, 3.8) is 0 Å². The van der Waals surface area contributed by atoms with Gasteiger partial charge in [0.25, 0.3) is 5.91 Å². The summed E-state index contributed by atoms with van der Waals surface area (Å²) in [7, 11) is 1.60. The van der Waals surface area contributed by atoms with Gasteiger partial charge in [0.05, 0.1) is 6.04 Å². The molecule has 6 heteroatoms. The number of hydrogen-bond acceptors (Lipinski definition) is 4. The molecule has 0 bridgehead atoms. The molecule has 0 saturated carbocycles. The third kappa shape index (κ3) is 4.15. The Morgan fingerprint density at radius 2 is 1.77 bits per heavy atom. The first-order chi connectivity index (χ1) is 10.2. The molecule has 1 aliphatic rings. The normalized spacial score (nSPS) is 19.2. The number of likely N-dealkylation sites (tertiary alicyclic amines) is 1. The van der Waals surface area contributed by atoms with Crippen molar-refractivity contribution in [3.8, 4) is 0 Å². The number of carbonyl (C=O) groups excluding carboxylic acids is 4. The van der Waals surface area contributed by atoms with Crippen molar-refractivity contribution >= 4 is 23.4 Å². The molecule has 0 aromatic carbocycles. The summed E-state index contributed by atoms with van der Waals surface area (Å²) in [5, 5.41) is 0. The average molecular weight is 310 g/mol. The summed E-state index contributed by atoms with van der Waals surface area (Å²) in [6.07, 6.45) is 1.82. The highest BCUT2D eigenvalue weighted by molar-refractivity contribution is 6.35. The third-order valence-corrected chi connectivity index (χ3v) is 4.08. The van der Waals surface area contributed by atoms with Crippen molar-refractivity contribution in [3.05, 3.63) is 0 Å². The van der Waals surface area contributed by atoms with E-state index in [1.54, 1.807) is 7.05 Å². The molecule has 1 fully saturated rings. The highest BCUT2D eigenvalue weighted by atomic mass is 16.2. The molecule has 1 rings (SSSR count). The number of likely N-dealkylation sites (N-methyl/N-ethyl adjacent to an activating group) is 1. The van der Waals surface area contributed by atoms with Crippen molar-refractivity contribution in [1.82, 2.24) is 9.80 Å². The third-order valence-electron chi connectivity index (χ3n) is 4.08. The molecule has 0 N–H and O–H groups in total. The van der Waals surface area contributed by atoms with E-state index in [9.17, 15) is 19.2 Å². The molecular formula is C16H26N2O4. The smallest absolute Gasteiger partial charge is 0.290 e. The predicted octanol–water partition coefficient (Wildman–Crippen LogP) is 1.03. The van der Waals surface area contributed by atoms with Crippen LogP contribution in [0.25, 0.3) is 0 Å². The summed E-state index contributed by atoms with van der Waals surface area (Å²) in [4.78, 5) is 50.5. The standard InChI is InChI=1S/C16H26N2O4/c1-10(2)9-14(11(3)19)17(5)16(22)13-7-6-8-18(13)15(21)12(4)20/h10,13-14H,6-9H2,1-5H3/t13-,14?/m0/s1. The minimum absolute atomic E-state index is 0.0630. The zero-order valence-electron chi connectivity index (χ0n) is 14.1. The number of carbonyl (C=O) groups is 4. The van der Waals surface area contributed by atoms with Crippen LogP contribution in [0.2, 0.25) is 0 Å². The van der Waals surface area contributed by atoms with Gasteiger partial charge >= 0.3 is 0 Å². The van der Waals surface area contributed by atoms with Crippen LogP contribution in [0, 0.1) is 5.92 Å². The van der Waals surface area contributed by atoms with Crippen LogP contribution >= 0.6 is 0 Å². The Morgan fingerprint density at radius 3 is 2.23 bits per heavy atom. The lowest BCUT2D eigenvalue weighted by Gasteiger charge is -2.32. The van der Waals surface area contributed by atoms with E-state index in [0.29, 0.717) is 25.8 Å². The van der Waals surface area contributed by atoms with Crippen molar-refractivity contribution in [2.45, 2.75) is 59.0 Å². The first-order valence-corrected chi connectivity index (χ1v) is 7.75. The molecule has 1 aliphatic heterocycles. The Morgan fingerprint density at radius 1 is 1.18 bits per heavy atom. The van der Waals surface area contributed by atoms with Gasteiger partial charge in [-0.2, -0.15) is 0 Å². The van der Waals surface area contributed by atoms with Gasteiger partial charge in [0.2, 0.25) is 11.7 Å². The summed E-state index contributed by atoms with van der Waals surface area (Å²) < 4.78 is 0. The van der Waals surface area contributed by atoms with Gasteiger partial charge in [0.1, 0.15) is 6.04 Å². The maximum atomic E-state index is 12.7. The second kappa shape index (κ2) is 7.51. The molecule has 0 aromatic rings. The topological polar surface area (TPSA) is 74.8 Å². The van der Waals surface area contributed by atoms with Gasteiger partial charge in [-0.25, -0.2) is 0 Å². The van der Waals surface area contributed by atoms with Gasteiger partial charge in [-0.15, -0.1) is 0 Å². The molecular weight excluding hydrogens is 284 g/mol. The van der Waals surface area contributed by atoms with Gasteiger partial charge in [0, 0.05) is 20.5 Å². The Balaban J connectivity index is 2.90. The number of amides is 2. The summed E-state index contributed by atoms with van der Waals surface area (Å²) in [5.74, 6) is -1.22. The van der Waals surface area contributed by atoms with E-state index in [2.05, 4.69) is 0 Å². The van der Waals surface area contributed by atoms with E-state index in [1.807, 2.05) is 13.8 Å². The Hall–Kier alpha value is -1.72. The highest BCUT2D eigenvalue weighted by Crippen LogP contribution is 2.22. The van der Waals surface area contributed by atoms with Crippen LogP contribution in [-0.4, -0.2) is 58.9 Å². The number of hydrogen-bond donors (Lipinski definition) is 0. The highest BCUT2D eigenvalue weighted by Gasteiger charge is 2.39. The molecule has 1 unspecified atom stereocenters. The number of ketones is 2. The van der Waals surface area contributed by atoms with Crippen molar-refractivity contribution in [2.75, 3.05) is 13.6 Å². The Bertz CT molecular complexity index is 473. The summed E-state index contributed by atoms with van der Waals surface area (Å²) >= 11 is 0. The van der Waals surface area contributed by atoms with Crippen LogP contribution < -0.4 is 0 Å². The fourth-order valence-corrected chi connectivity index (χ4v) is 2.90. The fourth-order valence-electron chi connectivity index (χ4n) is 2.90. The zero-order valence-corrected chi connectivity index (χ0v) is 14.1. The van der Waals surface area contributed by atoms with Gasteiger partial charge in [-0.3, -0.25) is 19.2 Å². The summed E-state index contributed by atoms with van der Waals surface area (Å²) in [6.45, 7) is 7.09. The monoisotopic (exact) mass is 310 g/mol. The van der Waals surface area contributed by atoms with Gasteiger partial charge in [-0.05, 0) is 32.1 Å². The maximum absolute atomic E-state index is 12.7. The van der Waals surface area contributed by atoms with E-state index < -0.39 is 23.8 Å². The maximum Gasteiger partial charge on any atom is 0.290 e. The summed E-state index contributed by atoms with van der Waals surface area (Å²) in [5.41, 5.74) is 0. The Kier molecular flexibility index (Phi) is 6.26. The van der Waals surface area contributed by atoms with Crippen LogP contribution in [0.1, 0.15) is 47.0 Å². The number of rotatable bonds is 6. The van der Waals surface area contributed by atoms with E-state index in [0.717, 1.165) is 0 Å². The molecule has 0 spiro atoms. The van der Waals surface area contributed by atoms with E-state index in [4.69, 9.17) is 0 Å². The summed E-state index contributed by atoms with van der Waals surface area (Å²) in [6, 6.07) is -1.11. The van der Waals surface area contributed by atoms with Crippen LogP contribution in [0.5, 0.6) is 0 Å². The van der Waals surface area contributed by atoms with Crippen molar-refractivity contribution in [1.29, 1.82) is 0 Å². The van der Waals surface area contributed by atoms with Crippen molar-refractivity contribution < 1.29 is 19.2 Å². The minimum atomic E-state index is -0.629. The minimum Gasteiger partial charge on any atom is -0.334 e. The van der Waals surface area contributed by atoms with Crippen molar-refractivity contribution in [2.24, 2.45) is 5.92 Å². The lowest BCUT2D eigenvalue weighted by molar-refractivity contribution is -0.150. The first kappa shape index (κ1) is 18.3. The zero-order chi connectivity index (χ0) is 17.0. The van der Waals surface area contributed by atoms with Gasteiger partial charge in [0.15, 0.2) is 5.78 Å². The van der Waals surface area contributed by atoms with Gasteiger partial charge < -0.3 is 9.80 Å². The molecule has 6 nitrogen and oxygen atoms in total. The molecule has 2 amide bonds. The van der Waals surface area contributed by atoms with Crippen LogP contribution in [0.4, 0.5) is 0 Å². The molecule has 2 atom stereocenters. The molecule has 1 saturated heterocycles. The lowest BCUT2D eigenvalue weighted by Crippen LogP contribution is -2.52.